The van der Waals surface area contributed by atoms with Gasteiger partial charge in [0.1, 0.15) is 5.82 Å². The van der Waals surface area contributed by atoms with Crippen molar-refractivity contribution in [1.82, 2.24) is 21.3 Å². The molecule has 2 aliphatic carbocycles. The molecule has 0 aromatic heterocycles. The summed E-state index contributed by atoms with van der Waals surface area (Å²) in [5.41, 5.74) is -0.831. The Morgan fingerprint density at radius 1 is 1.15 bits per heavy atom. The molecule has 1 saturated heterocycles. The number of rotatable bonds is 15. The van der Waals surface area contributed by atoms with Crippen LogP contribution in [0.1, 0.15) is 73.6 Å². The Kier molecular flexibility index (Phi) is 10.6. The number of carbonyl (C=O) groups excluding carboxylic acids is 3. The van der Waals surface area contributed by atoms with E-state index in [1.165, 1.54) is 0 Å². The molecule has 5 rings (SSSR count). The number of ether oxygens (including phenoxy) is 2. The zero-order valence-corrected chi connectivity index (χ0v) is 27.4. The number of fused-ring (bicyclic) bond motifs is 2. The monoisotopic (exact) mass is 632 g/mol. The third-order valence-corrected chi connectivity index (χ3v) is 9.83. The lowest BCUT2D eigenvalue weighted by Crippen LogP contribution is -2.51. The van der Waals surface area contributed by atoms with Gasteiger partial charge in [-0.25, -0.2) is 4.79 Å². The molecule has 1 fully saturated rings. The Balaban J connectivity index is 1.38. The zero-order valence-electron chi connectivity index (χ0n) is 27.4. The molecule has 0 bridgehead atoms. The molecule has 5 atom stereocenters. The number of benzene rings is 1. The number of Topliss-reactive ketones (excluding diaryl/α,β-unsaturated/α-hetero) is 2. The van der Waals surface area contributed by atoms with Crippen LogP contribution in [0.5, 0.6) is 0 Å². The lowest BCUT2D eigenvalue weighted by molar-refractivity contribution is -0.149. The fourth-order valence-corrected chi connectivity index (χ4v) is 6.99. The van der Waals surface area contributed by atoms with E-state index < -0.39 is 28.7 Å². The summed E-state index contributed by atoms with van der Waals surface area (Å²) in [5, 5.41) is 23.6. The number of hydrogen-bond donors (Lipinski definition) is 5. The minimum atomic E-state index is -2.07. The molecule has 0 amide bonds. The van der Waals surface area contributed by atoms with Crippen molar-refractivity contribution in [2.24, 2.45) is 11.8 Å². The molecule has 248 valence electrons. The highest BCUT2D eigenvalue weighted by molar-refractivity contribution is 6.32. The first-order valence-corrected chi connectivity index (χ1v) is 16.5. The summed E-state index contributed by atoms with van der Waals surface area (Å²) >= 11 is 0. The lowest BCUT2D eigenvalue weighted by atomic mass is 9.71. The predicted octanol–water partition coefficient (Wildman–Crippen LogP) is 3.31. The van der Waals surface area contributed by atoms with Crippen LogP contribution in [0, 0.1) is 11.8 Å². The van der Waals surface area contributed by atoms with Crippen LogP contribution in [-0.2, 0) is 14.3 Å². The molecule has 1 aromatic rings. The topological polar surface area (TPSA) is 141 Å². The van der Waals surface area contributed by atoms with Gasteiger partial charge in [0.05, 0.1) is 19.9 Å². The third kappa shape index (κ3) is 6.36. The van der Waals surface area contributed by atoms with Gasteiger partial charge >= 0.3 is 5.97 Å². The Bertz CT molecular complexity index is 1460. The second-order valence-corrected chi connectivity index (χ2v) is 12.7. The minimum Gasteiger partial charge on any atom is -0.463 e. The predicted molar refractivity (Wildman–Crippen MR) is 176 cm³/mol. The lowest BCUT2D eigenvalue weighted by Gasteiger charge is -2.32. The van der Waals surface area contributed by atoms with Gasteiger partial charge in [-0.1, -0.05) is 61.9 Å². The van der Waals surface area contributed by atoms with Crippen LogP contribution in [0.3, 0.4) is 0 Å². The number of aliphatic hydroxyl groups excluding tert-OH is 1. The molecule has 4 aliphatic rings. The van der Waals surface area contributed by atoms with Gasteiger partial charge in [0.2, 0.25) is 5.78 Å². The molecule has 2 aliphatic heterocycles. The Morgan fingerprint density at radius 2 is 1.91 bits per heavy atom. The van der Waals surface area contributed by atoms with Crippen LogP contribution in [0.4, 0.5) is 0 Å². The maximum Gasteiger partial charge on any atom is 0.350 e. The van der Waals surface area contributed by atoms with Crippen molar-refractivity contribution in [3.05, 3.63) is 82.2 Å². The number of esters is 1. The summed E-state index contributed by atoms with van der Waals surface area (Å²) in [6.07, 6.45) is 11.6. The van der Waals surface area contributed by atoms with Gasteiger partial charge in [-0.3, -0.25) is 9.59 Å². The first-order chi connectivity index (χ1) is 22.2. The van der Waals surface area contributed by atoms with Crippen molar-refractivity contribution in [2.75, 3.05) is 40.0 Å². The Hall–Kier alpha value is -3.57. The summed E-state index contributed by atoms with van der Waals surface area (Å²) in [5.74, 6) is -0.495. The van der Waals surface area contributed by atoms with Crippen molar-refractivity contribution in [1.29, 1.82) is 0 Å². The molecule has 10 heteroatoms. The molecular weight excluding hydrogens is 584 g/mol. The van der Waals surface area contributed by atoms with Crippen molar-refractivity contribution in [2.45, 2.75) is 70.1 Å². The van der Waals surface area contributed by atoms with E-state index in [2.05, 4.69) is 52.5 Å². The second kappa shape index (κ2) is 14.5. The number of allylic oxidation sites excluding steroid dienone is 4. The van der Waals surface area contributed by atoms with Crippen LogP contribution in [-0.4, -0.2) is 79.9 Å². The van der Waals surface area contributed by atoms with E-state index in [0.717, 1.165) is 42.8 Å². The molecule has 1 aromatic carbocycles. The SMILES string of the molecule is CCN[C@@H]1C=C[C@@H](CC)C[C@H]1COC(=O)[C@]12O[C@@]1(C/C(CO)=C(\C)CCC1=CCNC(NCNC)=C1)C(=O)c1ccccc1C2=O. The Labute approximate surface area is 271 Å². The number of dihydropyridines is 1. The molecule has 0 unspecified atom stereocenters. The standard InChI is InChI=1S/C36H48N4O6/c1-5-24-13-14-30(38-6-2)26(17-24)21-45-34(44)36-33(43)29-10-8-7-9-28(29)32(42)35(36,46-36)19-27(20-41)23(3)11-12-25-15-16-39-31(18-25)40-22-37-4/h7-10,13-15,18,24,26,30,37-41H,5-6,11-12,16-17,19-22H2,1-4H3/b27-23-/t24-,26+,30-,35+,36+/m1/s1. The van der Waals surface area contributed by atoms with Crippen molar-refractivity contribution < 1.29 is 29.0 Å². The van der Waals surface area contributed by atoms with Crippen LogP contribution < -0.4 is 21.3 Å². The van der Waals surface area contributed by atoms with Crippen LogP contribution >= 0.6 is 0 Å². The summed E-state index contributed by atoms with van der Waals surface area (Å²) in [6, 6.07) is 6.56. The molecule has 0 saturated carbocycles. The van der Waals surface area contributed by atoms with E-state index in [4.69, 9.17) is 9.47 Å². The number of hydrogen-bond acceptors (Lipinski definition) is 10. The van der Waals surface area contributed by atoms with E-state index in [1.54, 1.807) is 24.3 Å². The van der Waals surface area contributed by atoms with Gasteiger partial charge in [0.15, 0.2) is 11.4 Å². The van der Waals surface area contributed by atoms with Gasteiger partial charge in [0, 0.05) is 36.1 Å². The number of aliphatic hydroxyl groups is 1. The quantitative estimate of drug-likeness (QED) is 0.0643. The molecule has 10 nitrogen and oxygen atoms in total. The molecule has 0 spiro atoms. The molecule has 0 radical (unpaired) electrons. The molecule has 2 heterocycles. The van der Waals surface area contributed by atoms with Crippen LogP contribution in [0.25, 0.3) is 0 Å². The highest BCUT2D eigenvalue weighted by Gasteiger charge is 2.85. The maximum atomic E-state index is 14.1. The number of carbonyl (C=O) groups is 3. The van der Waals surface area contributed by atoms with Gasteiger partial charge < -0.3 is 35.8 Å². The van der Waals surface area contributed by atoms with E-state index >= 15 is 0 Å². The summed E-state index contributed by atoms with van der Waals surface area (Å²) in [6.45, 7) is 7.97. The smallest absolute Gasteiger partial charge is 0.350 e. The van der Waals surface area contributed by atoms with E-state index in [9.17, 15) is 19.5 Å². The number of ketones is 2. The molecule has 46 heavy (non-hydrogen) atoms. The first-order valence-electron chi connectivity index (χ1n) is 16.5. The molecular formula is C36H48N4O6. The van der Waals surface area contributed by atoms with E-state index in [1.807, 2.05) is 20.9 Å². The van der Waals surface area contributed by atoms with E-state index in [0.29, 0.717) is 31.1 Å². The normalized spacial score (nSPS) is 28.7. The third-order valence-electron chi connectivity index (χ3n) is 9.83. The largest absolute Gasteiger partial charge is 0.463 e. The number of likely N-dealkylation sites (N-methyl/N-ethyl adjacent to an activating group) is 1. The zero-order chi connectivity index (χ0) is 32.9. The van der Waals surface area contributed by atoms with Crippen molar-refractivity contribution in [3.8, 4) is 0 Å². The van der Waals surface area contributed by atoms with Crippen molar-refractivity contribution >= 4 is 17.5 Å². The van der Waals surface area contributed by atoms with Crippen LogP contribution in [0.2, 0.25) is 0 Å². The molecule has 5 N–H and O–H groups in total. The van der Waals surface area contributed by atoms with Gasteiger partial charge in [-0.05, 0) is 69.3 Å². The van der Waals surface area contributed by atoms with E-state index in [-0.39, 0.29) is 42.7 Å². The maximum absolute atomic E-state index is 14.1. The Morgan fingerprint density at radius 3 is 2.61 bits per heavy atom. The van der Waals surface area contributed by atoms with Gasteiger partial charge in [-0.15, -0.1) is 0 Å². The fourth-order valence-electron chi connectivity index (χ4n) is 6.99. The van der Waals surface area contributed by atoms with Gasteiger partial charge in [-0.2, -0.15) is 0 Å². The highest BCUT2D eigenvalue weighted by Crippen LogP contribution is 2.59. The average Bonchev–Trinajstić information content (AvgIpc) is 3.79. The van der Waals surface area contributed by atoms with Crippen molar-refractivity contribution in [3.63, 3.8) is 0 Å². The number of nitrogens with one attached hydrogen (secondary N) is 4. The minimum absolute atomic E-state index is 0.0208. The number of epoxide rings is 1. The van der Waals surface area contributed by atoms with Crippen LogP contribution in [0.15, 0.2) is 71.1 Å². The summed E-state index contributed by atoms with van der Waals surface area (Å²) in [4.78, 5) is 42.2. The summed E-state index contributed by atoms with van der Waals surface area (Å²) < 4.78 is 12.0. The first kappa shape index (κ1) is 33.8. The average molecular weight is 633 g/mol. The second-order valence-electron chi connectivity index (χ2n) is 12.7. The van der Waals surface area contributed by atoms with Gasteiger partial charge in [0.25, 0.3) is 5.60 Å². The summed E-state index contributed by atoms with van der Waals surface area (Å²) in [7, 11) is 1.87. The fraction of sp³-hybridized carbons (Fsp3) is 0.528. The highest BCUT2D eigenvalue weighted by atomic mass is 16.7.